The quantitative estimate of drug-likeness (QED) is 0.348. The van der Waals surface area contributed by atoms with E-state index < -0.39 is 5.54 Å². The molecule has 184 valence electrons. The van der Waals surface area contributed by atoms with Crippen molar-refractivity contribution in [2.45, 2.75) is 82.7 Å². The van der Waals surface area contributed by atoms with Crippen LogP contribution in [-0.2, 0) is 11.3 Å². The minimum atomic E-state index is -0.488. The molecule has 5 rings (SSSR count). The summed E-state index contributed by atoms with van der Waals surface area (Å²) in [5.74, 6) is 2.73. The molecule has 1 amide bonds. The first-order valence-electron chi connectivity index (χ1n) is 12.5. The standard InChI is InChI=1S/C27H33N5O2S/c1-4-5-12-24-28-27(14-8-9-15-27)26(33)32(24)18-21-13-16-31(17-21)22-10-6-7-11-23(22)35-30-25-19(2)20(3)34-29-25/h6-7,10-11,13,16-17H,4-5,8-9,12,14-15,18H2,1-3H3,(H,29,30). The van der Waals surface area contributed by atoms with Gasteiger partial charge in [-0.1, -0.05) is 43.5 Å². The molecular formula is C27H33N5O2S. The average molecular weight is 492 g/mol. The summed E-state index contributed by atoms with van der Waals surface area (Å²) >= 11 is 1.51. The molecule has 1 N–H and O–H groups in total. The van der Waals surface area contributed by atoms with E-state index in [0.717, 1.165) is 84.1 Å². The molecule has 1 fully saturated rings. The number of amidine groups is 1. The lowest BCUT2D eigenvalue weighted by Crippen LogP contribution is -2.40. The predicted molar refractivity (Wildman–Crippen MR) is 140 cm³/mol. The number of aliphatic imine (C=N–C) groups is 1. The first-order chi connectivity index (χ1) is 17.0. The van der Waals surface area contributed by atoms with Crippen molar-refractivity contribution < 1.29 is 9.32 Å². The Hall–Kier alpha value is -3.00. The SMILES string of the molecule is CCCCC1=NC2(CCCC2)C(=O)N1Cc1ccn(-c2ccccc2SNc2noc(C)c2C)c1. The van der Waals surface area contributed by atoms with Crippen LogP contribution in [0.15, 0.2) is 57.1 Å². The average Bonchev–Trinajstić information content (AvgIpc) is 3.65. The number of rotatable bonds is 9. The van der Waals surface area contributed by atoms with Gasteiger partial charge in [0.15, 0.2) is 5.82 Å². The van der Waals surface area contributed by atoms with E-state index in [1.165, 1.54) is 11.9 Å². The number of unbranched alkanes of at least 4 members (excludes halogenated alkanes) is 1. The fraction of sp³-hybridized carbons (Fsp3) is 0.444. The Balaban J connectivity index is 1.34. The van der Waals surface area contributed by atoms with Crippen LogP contribution in [0.2, 0.25) is 0 Å². The largest absolute Gasteiger partial charge is 0.359 e. The maximum Gasteiger partial charge on any atom is 0.256 e. The van der Waals surface area contributed by atoms with Crippen LogP contribution < -0.4 is 4.72 Å². The second kappa shape index (κ2) is 9.93. The smallest absolute Gasteiger partial charge is 0.256 e. The Kier molecular flexibility index (Phi) is 6.73. The zero-order chi connectivity index (χ0) is 24.4. The maximum absolute atomic E-state index is 13.5. The number of nitrogens with zero attached hydrogens (tertiary/aromatic N) is 4. The van der Waals surface area contributed by atoms with E-state index >= 15 is 0 Å². The normalized spacial score (nSPS) is 16.9. The van der Waals surface area contributed by atoms with E-state index in [1.807, 2.05) is 30.9 Å². The molecule has 0 bridgehead atoms. The van der Waals surface area contributed by atoms with Gasteiger partial charge < -0.3 is 13.8 Å². The van der Waals surface area contributed by atoms with Crippen LogP contribution >= 0.6 is 11.9 Å². The van der Waals surface area contributed by atoms with E-state index in [0.29, 0.717) is 6.54 Å². The fourth-order valence-corrected chi connectivity index (χ4v) is 5.76. The Labute approximate surface area is 211 Å². The number of carbonyl (C=O) groups is 1. The molecule has 1 aliphatic carbocycles. The summed E-state index contributed by atoms with van der Waals surface area (Å²) in [4.78, 5) is 21.5. The minimum Gasteiger partial charge on any atom is -0.359 e. The molecule has 0 saturated heterocycles. The van der Waals surface area contributed by atoms with Crippen molar-refractivity contribution in [2.24, 2.45) is 4.99 Å². The monoisotopic (exact) mass is 491 g/mol. The molecule has 1 spiro atoms. The topological polar surface area (TPSA) is 75.7 Å². The second-order valence-corrected chi connectivity index (χ2v) is 10.4. The lowest BCUT2D eigenvalue weighted by molar-refractivity contribution is -0.131. The van der Waals surface area contributed by atoms with Gasteiger partial charge in [0.05, 0.1) is 17.1 Å². The molecule has 8 heteroatoms. The number of aryl methyl sites for hydroxylation is 1. The van der Waals surface area contributed by atoms with E-state index in [9.17, 15) is 4.79 Å². The molecule has 3 heterocycles. The molecule has 0 atom stereocenters. The maximum atomic E-state index is 13.5. The summed E-state index contributed by atoms with van der Waals surface area (Å²) in [6.07, 6.45) is 11.2. The fourth-order valence-electron chi connectivity index (χ4n) is 4.94. The highest BCUT2D eigenvalue weighted by Gasteiger charge is 2.49. The minimum absolute atomic E-state index is 0.201. The Morgan fingerprint density at radius 1 is 1.17 bits per heavy atom. The highest BCUT2D eigenvalue weighted by Crippen LogP contribution is 2.40. The molecule has 2 aliphatic rings. The Morgan fingerprint density at radius 3 is 2.71 bits per heavy atom. The van der Waals surface area contributed by atoms with Gasteiger partial charge in [-0.3, -0.25) is 14.7 Å². The molecule has 1 saturated carbocycles. The highest BCUT2D eigenvalue weighted by atomic mass is 32.2. The van der Waals surface area contributed by atoms with Gasteiger partial charge in [-0.2, -0.15) is 0 Å². The van der Waals surface area contributed by atoms with E-state index in [2.05, 4.69) is 52.0 Å². The zero-order valence-electron chi connectivity index (χ0n) is 20.7. The molecule has 1 aromatic carbocycles. The van der Waals surface area contributed by atoms with Crippen LogP contribution in [0.3, 0.4) is 0 Å². The van der Waals surface area contributed by atoms with Crippen molar-refractivity contribution >= 4 is 29.5 Å². The lowest BCUT2D eigenvalue weighted by Gasteiger charge is -2.22. The molecule has 0 unspecified atom stereocenters. The highest BCUT2D eigenvalue weighted by molar-refractivity contribution is 8.00. The Bertz CT molecular complexity index is 1240. The number of amides is 1. The summed E-state index contributed by atoms with van der Waals surface area (Å²) in [6.45, 7) is 6.65. The summed E-state index contributed by atoms with van der Waals surface area (Å²) in [5, 5.41) is 4.10. The third-order valence-electron chi connectivity index (χ3n) is 7.14. The summed E-state index contributed by atoms with van der Waals surface area (Å²) in [7, 11) is 0. The first-order valence-corrected chi connectivity index (χ1v) is 13.3. The van der Waals surface area contributed by atoms with Crippen molar-refractivity contribution in [3.8, 4) is 5.69 Å². The molecule has 1 aliphatic heterocycles. The van der Waals surface area contributed by atoms with Crippen LogP contribution in [0.5, 0.6) is 0 Å². The van der Waals surface area contributed by atoms with Crippen LogP contribution in [-0.4, -0.2) is 31.9 Å². The van der Waals surface area contributed by atoms with Crippen molar-refractivity contribution in [3.05, 3.63) is 59.6 Å². The van der Waals surface area contributed by atoms with Gasteiger partial charge >= 0.3 is 0 Å². The number of hydrogen-bond acceptors (Lipinski definition) is 6. The number of anilines is 1. The van der Waals surface area contributed by atoms with Crippen LogP contribution in [0.4, 0.5) is 5.82 Å². The van der Waals surface area contributed by atoms with Gasteiger partial charge in [-0.15, -0.1) is 0 Å². The Morgan fingerprint density at radius 2 is 1.97 bits per heavy atom. The predicted octanol–water partition coefficient (Wildman–Crippen LogP) is 6.45. The van der Waals surface area contributed by atoms with E-state index in [1.54, 1.807) is 0 Å². The molecule has 3 aromatic rings. The molecule has 35 heavy (non-hydrogen) atoms. The van der Waals surface area contributed by atoms with Crippen LogP contribution in [0.1, 0.15) is 68.8 Å². The van der Waals surface area contributed by atoms with E-state index in [-0.39, 0.29) is 5.91 Å². The third kappa shape index (κ3) is 4.63. The lowest BCUT2D eigenvalue weighted by atomic mass is 9.98. The molecule has 0 radical (unpaired) electrons. The van der Waals surface area contributed by atoms with Gasteiger partial charge in [0, 0.05) is 24.4 Å². The first kappa shape index (κ1) is 23.7. The van der Waals surface area contributed by atoms with Gasteiger partial charge in [-0.05, 0) is 68.8 Å². The number of nitrogens with one attached hydrogen (secondary N) is 1. The number of aromatic nitrogens is 2. The molecule has 2 aromatic heterocycles. The van der Waals surface area contributed by atoms with Crippen molar-refractivity contribution in [1.29, 1.82) is 0 Å². The second-order valence-electron chi connectivity index (χ2n) is 9.57. The van der Waals surface area contributed by atoms with Crippen molar-refractivity contribution in [3.63, 3.8) is 0 Å². The molecule has 7 nitrogen and oxygen atoms in total. The van der Waals surface area contributed by atoms with Crippen molar-refractivity contribution in [1.82, 2.24) is 14.6 Å². The summed E-state index contributed by atoms with van der Waals surface area (Å²) < 4.78 is 10.7. The third-order valence-corrected chi connectivity index (χ3v) is 8.00. The number of hydrogen-bond donors (Lipinski definition) is 1. The number of carbonyl (C=O) groups excluding carboxylic acids is 1. The van der Waals surface area contributed by atoms with Gasteiger partial charge in [0.1, 0.15) is 17.1 Å². The van der Waals surface area contributed by atoms with Gasteiger partial charge in [0.2, 0.25) is 0 Å². The van der Waals surface area contributed by atoms with Crippen molar-refractivity contribution in [2.75, 3.05) is 4.72 Å². The van der Waals surface area contributed by atoms with Gasteiger partial charge in [0.25, 0.3) is 5.91 Å². The zero-order valence-corrected chi connectivity index (χ0v) is 21.5. The molecular weight excluding hydrogens is 458 g/mol. The summed E-state index contributed by atoms with van der Waals surface area (Å²) in [5.41, 5.74) is 2.69. The van der Waals surface area contributed by atoms with Crippen LogP contribution in [0, 0.1) is 13.8 Å². The van der Waals surface area contributed by atoms with Crippen LogP contribution in [0.25, 0.3) is 5.69 Å². The number of para-hydroxylation sites is 1. The van der Waals surface area contributed by atoms with Gasteiger partial charge in [-0.25, -0.2) is 0 Å². The van der Waals surface area contributed by atoms with E-state index in [4.69, 9.17) is 9.52 Å². The number of benzene rings is 1. The summed E-state index contributed by atoms with van der Waals surface area (Å²) in [6, 6.07) is 10.3.